The molecule has 0 saturated carbocycles. The lowest BCUT2D eigenvalue weighted by Gasteiger charge is -2.62. The summed E-state index contributed by atoms with van der Waals surface area (Å²) in [4.78, 5) is 7.95. The number of likely N-dealkylation sites (tertiary alicyclic amines) is 1. The maximum absolute atomic E-state index is 11.9. The van der Waals surface area contributed by atoms with E-state index in [9.17, 15) is 10.2 Å². The number of rotatable bonds is 0. The van der Waals surface area contributed by atoms with Crippen LogP contribution in [0.5, 0.6) is 5.75 Å². The van der Waals surface area contributed by atoms with E-state index in [0.29, 0.717) is 18.0 Å². The summed E-state index contributed by atoms with van der Waals surface area (Å²) < 4.78 is 0. The van der Waals surface area contributed by atoms with Crippen LogP contribution < -0.4 is 5.73 Å². The predicted octanol–water partition coefficient (Wildman–Crippen LogP) is 1.46. The molecule has 6 heteroatoms. The number of likely N-dealkylation sites (N-methyl/N-ethyl adjacent to an activating group) is 1. The zero-order valence-electron chi connectivity index (χ0n) is 13.6. The van der Waals surface area contributed by atoms with Crippen LogP contribution in [0.15, 0.2) is 18.2 Å². The first-order valence-electron chi connectivity index (χ1n) is 8.42. The Morgan fingerprint density at radius 2 is 2.21 bits per heavy atom. The molecule has 0 spiro atoms. The number of aromatic hydroxyl groups is 1. The summed E-state index contributed by atoms with van der Waals surface area (Å²) in [5.41, 5.74) is 8.09. The predicted molar refractivity (Wildman–Crippen MR) is 93.4 cm³/mol. The zero-order valence-corrected chi connectivity index (χ0v) is 14.4. The van der Waals surface area contributed by atoms with Crippen LogP contribution in [-0.2, 0) is 24.7 Å². The molecule has 2 heterocycles. The minimum absolute atomic E-state index is 0.0831. The molecule has 126 valence electrons. The average Bonchev–Trinajstić information content (AvgIpc) is 2.87. The quantitative estimate of drug-likeness (QED) is 0.675. The highest BCUT2D eigenvalue weighted by Crippen LogP contribution is 2.57. The Bertz CT molecular complexity index is 851. The van der Waals surface area contributed by atoms with Crippen LogP contribution in [0.2, 0.25) is 0 Å². The van der Waals surface area contributed by atoms with Gasteiger partial charge in [0, 0.05) is 29.2 Å². The van der Waals surface area contributed by atoms with Gasteiger partial charge in [0.05, 0.1) is 11.3 Å². The Balaban J connectivity index is 1.79. The van der Waals surface area contributed by atoms with E-state index in [0.717, 1.165) is 35.5 Å². The van der Waals surface area contributed by atoms with Crippen molar-refractivity contribution in [2.45, 2.75) is 42.7 Å². The van der Waals surface area contributed by atoms with Gasteiger partial charge in [-0.15, -0.1) is 11.3 Å². The largest absolute Gasteiger partial charge is 0.508 e. The third kappa shape index (κ3) is 1.64. The lowest BCUT2D eigenvalue weighted by Crippen LogP contribution is -2.73. The van der Waals surface area contributed by atoms with Gasteiger partial charge < -0.3 is 20.8 Å². The Morgan fingerprint density at radius 1 is 1.38 bits per heavy atom. The SMILES string of the molecule is CN1CC[C@@]23Cc4nc(N)sc4C[C@@]2(O)[C@@H]1Cc1ccc(O)cc13. The number of benzene rings is 1. The fraction of sp³-hybridized carbons (Fsp3) is 0.500. The minimum Gasteiger partial charge on any atom is -0.508 e. The van der Waals surface area contributed by atoms with E-state index in [2.05, 4.69) is 16.9 Å². The van der Waals surface area contributed by atoms with E-state index in [4.69, 9.17) is 5.73 Å². The summed E-state index contributed by atoms with van der Waals surface area (Å²) in [5.74, 6) is 0.270. The van der Waals surface area contributed by atoms with Gasteiger partial charge in [-0.25, -0.2) is 4.98 Å². The van der Waals surface area contributed by atoms with Crippen LogP contribution in [0.1, 0.15) is 28.1 Å². The van der Waals surface area contributed by atoms with Gasteiger partial charge in [-0.1, -0.05) is 6.07 Å². The van der Waals surface area contributed by atoms with Crippen LogP contribution in [0, 0.1) is 0 Å². The van der Waals surface area contributed by atoms with Crippen LogP contribution in [0.4, 0.5) is 5.13 Å². The van der Waals surface area contributed by atoms with Crippen LogP contribution >= 0.6 is 11.3 Å². The summed E-state index contributed by atoms with van der Waals surface area (Å²) in [6.45, 7) is 0.941. The number of anilines is 1. The molecule has 1 aromatic carbocycles. The summed E-state index contributed by atoms with van der Waals surface area (Å²) in [6.07, 6.45) is 2.98. The third-order valence-corrected chi connectivity index (χ3v) is 7.45. The molecule has 4 N–H and O–H groups in total. The number of piperidine rings is 1. The molecule has 3 aliphatic rings. The van der Waals surface area contributed by atoms with Crippen molar-refractivity contribution in [2.24, 2.45) is 0 Å². The van der Waals surface area contributed by atoms with Gasteiger partial charge in [0.2, 0.25) is 0 Å². The summed E-state index contributed by atoms with van der Waals surface area (Å²) in [7, 11) is 2.11. The van der Waals surface area contributed by atoms with Crippen molar-refractivity contribution in [2.75, 3.05) is 19.3 Å². The van der Waals surface area contributed by atoms with Crippen molar-refractivity contribution < 1.29 is 10.2 Å². The number of thiazole rings is 1. The van der Waals surface area contributed by atoms with E-state index >= 15 is 0 Å². The maximum atomic E-state index is 11.9. The summed E-state index contributed by atoms with van der Waals surface area (Å²) >= 11 is 1.50. The van der Waals surface area contributed by atoms with Gasteiger partial charge >= 0.3 is 0 Å². The Labute approximate surface area is 144 Å². The second-order valence-electron chi connectivity index (χ2n) is 7.57. The van der Waals surface area contributed by atoms with Crippen molar-refractivity contribution >= 4 is 16.5 Å². The monoisotopic (exact) mass is 343 g/mol. The summed E-state index contributed by atoms with van der Waals surface area (Å²) in [6, 6.07) is 5.72. The standard InChI is InChI=1S/C18H21N3O2S/c1-21-5-4-17-8-13-14(24-16(19)20-13)9-18(17,23)15(21)6-10-2-3-11(22)7-12(10)17/h2-3,7,15,22-23H,4-6,8-9H2,1H3,(H2,19,20)/t15-,17-,18+/m0/s1. The Hall–Kier alpha value is -1.63. The maximum Gasteiger partial charge on any atom is 0.180 e. The van der Waals surface area contributed by atoms with Crippen LogP contribution in [0.25, 0.3) is 0 Å². The molecular weight excluding hydrogens is 322 g/mol. The average molecular weight is 343 g/mol. The lowest BCUT2D eigenvalue weighted by molar-refractivity contribution is -0.144. The third-order valence-electron chi connectivity index (χ3n) is 6.52. The van der Waals surface area contributed by atoms with Gasteiger partial charge in [-0.2, -0.15) is 0 Å². The molecule has 5 nitrogen and oxygen atoms in total. The lowest BCUT2D eigenvalue weighted by atomic mass is 9.50. The van der Waals surface area contributed by atoms with E-state index in [1.807, 2.05) is 12.1 Å². The molecule has 1 fully saturated rings. The number of hydrogen-bond donors (Lipinski definition) is 3. The number of fused-ring (bicyclic) bond motifs is 2. The topological polar surface area (TPSA) is 82.6 Å². The molecule has 5 rings (SSSR count). The number of aliphatic hydroxyl groups is 1. The molecule has 1 saturated heterocycles. The van der Waals surface area contributed by atoms with Crippen molar-refractivity contribution in [3.05, 3.63) is 39.9 Å². The van der Waals surface area contributed by atoms with E-state index in [-0.39, 0.29) is 17.2 Å². The van der Waals surface area contributed by atoms with Crippen molar-refractivity contribution in [1.29, 1.82) is 0 Å². The highest BCUT2D eigenvalue weighted by molar-refractivity contribution is 7.15. The van der Waals surface area contributed by atoms with Gasteiger partial charge in [0.15, 0.2) is 5.13 Å². The first-order chi connectivity index (χ1) is 11.4. The summed E-state index contributed by atoms with van der Waals surface area (Å²) in [5, 5.41) is 22.6. The number of aromatic nitrogens is 1. The number of phenols is 1. The minimum atomic E-state index is -0.841. The molecule has 24 heavy (non-hydrogen) atoms. The number of hydrogen-bond acceptors (Lipinski definition) is 6. The molecule has 0 amide bonds. The van der Waals surface area contributed by atoms with Crippen molar-refractivity contribution in [3.63, 3.8) is 0 Å². The smallest absolute Gasteiger partial charge is 0.180 e. The van der Waals surface area contributed by atoms with Crippen LogP contribution in [0.3, 0.4) is 0 Å². The van der Waals surface area contributed by atoms with E-state index in [1.54, 1.807) is 6.07 Å². The highest BCUT2D eigenvalue weighted by atomic mass is 32.1. The molecule has 2 aliphatic carbocycles. The van der Waals surface area contributed by atoms with E-state index < -0.39 is 5.60 Å². The van der Waals surface area contributed by atoms with Gasteiger partial charge in [0.1, 0.15) is 5.75 Å². The van der Waals surface area contributed by atoms with Gasteiger partial charge in [-0.3, -0.25) is 0 Å². The molecule has 2 aromatic rings. The fourth-order valence-electron chi connectivity index (χ4n) is 5.35. The number of nitrogen functional groups attached to an aromatic ring is 1. The first kappa shape index (κ1) is 14.7. The fourth-order valence-corrected chi connectivity index (χ4v) is 6.28. The van der Waals surface area contributed by atoms with Gasteiger partial charge in [0.25, 0.3) is 0 Å². The molecule has 0 unspecified atom stereocenters. The van der Waals surface area contributed by atoms with Crippen molar-refractivity contribution in [3.8, 4) is 5.75 Å². The molecular formula is C18H21N3O2S. The highest BCUT2D eigenvalue weighted by Gasteiger charge is 2.64. The second kappa shape index (κ2) is 4.50. The number of phenolic OH excluding ortho intramolecular Hbond substituents is 1. The number of nitrogens with zero attached hydrogens (tertiary/aromatic N) is 2. The molecule has 0 radical (unpaired) electrons. The Kier molecular flexibility index (Phi) is 2.76. The molecule has 2 bridgehead atoms. The number of nitrogens with two attached hydrogens (primary N) is 1. The van der Waals surface area contributed by atoms with Gasteiger partial charge in [-0.05, 0) is 49.7 Å². The Morgan fingerprint density at radius 3 is 3.04 bits per heavy atom. The second-order valence-corrected chi connectivity index (χ2v) is 8.69. The van der Waals surface area contributed by atoms with Crippen LogP contribution in [-0.4, -0.2) is 45.3 Å². The molecule has 1 aromatic heterocycles. The van der Waals surface area contributed by atoms with Crippen molar-refractivity contribution in [1.82, 2.24) is 9.88 Å². The van der Waals surface area contributed by atoms with E-state index in [1.165, 1.54) is 16.9 Å². The zero-order chi connectivity index (χ0) is 16.7. The molecule has 1 aliphatic heterocycles. The first-order valence-corrected chi connectivity index (χ1v) is 9.24. The normalized spacial score (nSPS) is 34.3. The molecule has 3 atom stereocenters.